The van der Waals surface area contributed by atoms with Gasteiger partial charge in [-0.1, -0.05) is 27.2 Å². The van der Waals surface area contributed by atoms with Crippen LogP contribution in [0.25, 0.3) is 20.4 Å². The van der Waals surface area contributed by atoms with Gasteiger partial charge in [0.05, 0.1) is 12.1 Å². The Morgan fingerprint density at radius 2 is 2.08 bits per heavy atom. The number of fused-ring (bicyclic) bond motifs is 3. The van der Waals surface area contributed by atoms with Crippen LogP contribution in [0.5, 0.6) is 0 Å². The molecule has 0 aliphatic heterocycles. The van der Waals surface area contributed by atoms with Gasteiger partial charge < -0.3 is 4.74 Å². The maximum absolute atomic E-state index is 13.2. The Bertz CT molecular complexity index is 988. The van der Waals surface area contributed by atoms with E-state index in [1.165, 1.54) is 11.3 Å². The van der Waals surface area contributed by atoms with Crippen LogP contribution in [0.3, 0.4) is 0 Å². The van der Waals surface area contributed by atoms with E-state index in [0.717, 1.165) is 58.6 Å². The molecule has 0 aliphatic carbocycles. The zero-order chi connectivity index (χ0) is 18.8. The maximum Gasteiger partial charge on any atom is 0.271 e. The van der Waals surface area contributed by atoms with E-state index < -0.39 is 0 Å². The SMILES string of the molecule is CCCCn1c(CC(C)C)nc2c(sc3nc(C)cc(COC)c32)c1=O. The normalized spacial score (nSPS) is 11.9. The molecule has 0 atom stereocenters. The van der Waals surface area contributed by atoms with Gasteiger partial charge in [0, 0.05) is 31.2 Å². The Labute approximate surface area is 158 Å². The first kappa shape index (κ1) is 19.0. The first-order valence-electron chi connectivity index (χ1n) is 9.27. The summed E-state index contributed by atoms with van der Waals surface area (Å²) in [6, 6.07) is 2.03. The van der Waals surface area contributed by atoms with E-state index in [0.29, 0.717) is 17.2 Å². The van der Waals surface area contributed by atoms with Gasteiger partial charge in [-0.15, -0.1) is 11.3 Å². The summed E-state index contributed by atoms with van der Waals surface area (Å²) >= 11 is 1.46. The molecule has 0 amide bonds. The van der Waals surface area contributed by atoms with Crippen molar-refractivity contribution in [1.29, 1.82) is 0 Å². The fourth-order valence-electron chi connectivity index (χ4n) is 3.31. The van der Waals surface area contributed by atoms with Gasteiger partial charge in [0.15, 0.2) is 0 Å². The van der Waals surface area contributed by atoms with Gasteiger partial charge in [-0.2, -0.15) is 0 Å². The van der Waals surface area contributed by atoms with Crippen molar-refractivity contribution in [1.82, 2.24) is 14.5 Å². The number of unbranched alkanes of at least 4 members (excludes halogenated alkanes) is 1. The summed E-state index contributed by atoms with van der Waals surface area (Å²) in [5.41, 5.74) is 2.85. The van der Waals surface area contributed by atoms with Crippen LogP contribution in [-0.2, 0) is 24.3 Å². The van der Waals surface area contributed by atoms with E-state index in [1.807, 2.05) is 17.6 Å². The summed E-state index contributed by atoms with van der Waals surface area (Å²) in [6.45, 7) is 9.65. The summed E-state index contributed by atoms with van der Waals surface area (Å²) in [4.78, 5) is 23.7. The molecule has 3 aromatic rings. The fourth-order valence-corrected chi connectivity index (χ4v) is 4.47. The highest BCUT2D eigenvalue weighted by Gasteiger charge is 2.19. The Morgan fingerprint density at radius 3 is 2.73 bits per heavy atom. The highest BCUT2D eigenvalue weighted by molar-refractivity contribution is 7.25. The number of nitrogens with zero attached hydrogens (tertiary/aromatic N) is 3. The van der Waals surface area contributed by atoms with Gasteiger partial charge in [0.1, 0.15) is 15.4 Å². The summed E-state index contributed by atoms with van der Waals surface area (Å²) in [7, 11) is 1.69. The predicted molar refractivity (Wildman–Crippen MR) is 108 cm³/mol. The van der Waals surface area contributed by atoms with E-state index in [9.17, 15) is 4.79 Å². The van der Waals surface area contributed by atoms with Crippen LogP contribution in [0.1, 0.15) is 50.7 Å². The largest absolute Gasteiger partial charge is 0.380 e. The number of methoxy groups -OCH3 is 1. The maximum atomic E-state index is 13.2. The number of aryl methyl sites for hydroxylation is 1. The Balaban J connectivity index is 2.34. The third kappa shape index (κ3) is 3.53. The molecular formula is C20H27N3O2S. The van der Waals surface area contributed by atoms with Crippen LogP contribution in [0.2, 0.25) is 0 Å². The van der Waals surface area contributed by atoms with Crippen molar-refractivity contribution in [3.05, 3.63) is 33.5 Å². The molecule has 0 fully saturated rings. The summed E-state index contributed by atoms with van der Waals surface area (Å²) < 4.78 is 7.96. The second kappa shape index (κ2) is 7.84. The van der Waals surface area contributed by atoms with Crippen LogP contribution >= 0.6 is 11.3 Å². The lowest BCUT2D eigenvalue weighted by molar-refractivity contribution is 0.186. The standard InChI is InChI=1S/C20H27N3O2S/c1-6-7-8-23-15(9-12(2)3)22-17-16-14(11-25-5)10-13(4)21-19(16)26-18(17)20(23)24/h10,12H,6-9,11H2,1-5H3. The number of aromatic nitrogens is 3. The number of pyridine rings is 1. The lowest BCUT2D eigenvalue weighted by Crippen LogP contribution is -2.25. The zero-order valence-corrected chi connectivity index (χ0v) is 17.1. The second-order valence-electron chi connectivity index (χ2n) is 7.25. The molecule has 6 heteroatoms. The summed E-state index contributed by atoms with van der Waals surface area (Å²) in [5.74, 6) is 1.32. The van der Waals surface area contributed by atoms with Crippen LogP contribution in [0.15, 0.2) is 10.9 Å². The highest BCUT2D eigenvalue weighted by Crippen LogP contribution is 2.33. The molecular weight excluding hydrogens is 346 g/mol. The molecule has 140 valence electrons. The quantitative estimate of drug-likeness (QED) is 0.613. The van der Waals surface area contributed by atoms with Crippen LogP contribution in [0.4, 0.5) is 0 Å². The van der Waals surface area contributed by atoms with E-state index >= 15 is 0 Å². The van der Waals surface area contributed by atoms with Crippen molar-refractivity contribution in [2.75, 3.05) is 7.11 Å². The molecule has 3 heterocycles. The van der Waals surface area contributed by atoms with Gasteiger partial charge in [-0.3, -0.25) is 9.36 Å². The van der Waals surface area contributed by atoms with Crippen LogP contribution in [0, 0.1) is 12.8 Å². The molecule has 0 bridgehead atoms. The number of hydrogen-bond acceptors (Lipinski definition) is 5. The van der Waals surface area contributed by atoms with Gasteiger partial charge in [0.2, 0.25) is 0 Å². The topological polar surface area (TPSA) is 57.0 Å². The number of ether oxygens (including phenoxy) is 1. The molecule has 0 saturated heterocycles. The molecule has 0 aliphatic rings. The van der Waals surface area contributed by atoms with Crippen molar-refractivity contribution in [2.24, 2.45) is 5.92 Å². The average molecular weight is 374 g/mol. The van der Waals surface area contributed by atoms with E-state index in [2.05, 4.69) is 25.8 Å². The third-order valence-corrected chi connectivity index (χ3v) is 5.53. The number of hydrogen-bond donors (Lipinski definition) is 0. The molecule has 3 rings (SSSR count). The molecule has 0 N–H and O–H groups in total. The molecule has 0 saturated carbocycles. The van der Waals surface area contributed by atoms with E-state index in [4.69, 9.17) is 9.72 Å². The molecule has 5 nitrogen and oxygen atoms in total. The van der Waals surface area contributed by atoms with E-state index in [1.54, 1.807) is 7.11 Å². The van der Waals surface area contributed by atoms with Crippen LogP contribution in [-0.4, -0.2) is 21.6 Å². The first-order chi connectivity index (χ1) is 12.5. The molecule has 0 aromatic carbocycles. The number of thiophene rings is 1. The minimum atomic E-state index is 0.0723. The van der Waals surface area contributed by atoms with Crippen molar-refractivity contribution in [2.45, 2.75) is 60.1 Å². The Kier molecular flexibility index (Phi) is 5.73. The minimum absolute atomic E-state index is 0.0723. The second-order valence-corrected chi connectivity index (χ2v) is 8.25. The van der Waals surface area contributed by atoms with Crippen LogP contribution < -0.4 is 5.56 Å². The van der Waals surface area contributed by atoms with Gasteiger partial charge >= 0.3 is 0 Å². The Hall–Kier alpha value is -1.79. The summed E-state index contributed by atoms with van der Waals surface area (Å²) in [5, 5.41) is 0.974. The molecule has 3 aromatic heterocycles. The molecule has 0 radical (unpaired) electrons. The lowest BCUT2D eigenvalue weighted by atomic mass is 10.1. The van der Waals surface area contributed by atoms with Gasteiger partial charge in [-0.25, -0.2) is 9.97 Å². The number of rotatable bonds is 7. The molecule has 0 spiro atoms. The monoisotopic (exact) mass is 373 g/mol. The van der Waals surface area contributed by atoms with Gasteiger partial charge in [0.25, 0.3) is 5.56 Å². The van der Waals surface area contributed by atoms with Crippen molar-refractivity contribution in [3.63, 3.8) is 0 Å². The molecule has 0 unspecified atom stereocenters. The average Bonchev–Trinajstić information content (AvgIpc) is 2.93. The third-order valence-electron chi connectivity index (χ3n) is 4.46. The van der Waals surface area contributed by atoms with E-state index in [-0.39, 0.29) is 5.56 Å². The highest BCUT2D eigenvalue weighted by atomic mass is 32.1. The van der Waals surface area contributed by atoms with Gasteiger partial charge in [-0.05, 0) is 30.9 Å². The molecule has 26 heavy (non-hydrogen) atoms. The van der Waals surface area contributed by atoms with Crippen molar-refractivity contribution in [3.8, 4) is 0 Å². The Morgan fingerprint density at radius 1 is 1.31 bits per heavy atom. The fraction of sp³-hybridized carbons (Fsp3) is 0.550. The first-order valence-corrected chi connectivity index (χ1v) is 10.1. The minimum Gasteiger partial charge on any atom is -0.380 e. The smallest absolute Gasteiger partial charge is 0.271 e. The van der Waals surface area contributed by atoms with Crippen molar-refractivity contribution >= 4 is 31.8 Å². The van der Waals surface area contributed by atoms with Crippen molar-refractivity contribution < 1.29 is 4.74 Å². The zero-order valence-electron chi connectivity index (χ0n) is 16.3. The lowest BCUT2D eigenvalue weighted by Gasteiger charge is -2.14. The predicted octanol–water partition coefficient (Wildman–Crippen LogP) is 4.46. The summed E-state index contributed by atoms with van der Waals surface area (Å²) in [6.07, 6.45) is 2.83.